The molecule has 0 amide bonds. The lowest BCUT2D eigenvalue weighted by atomic mass is 10.2. The fourth-order valence-electron chi connectivity index (χ4n) is 2.42. The molecule has 0 spiro atoms. The largest absolute Gasteiger partial charge is 0.488 e. The lowest BCUT2D eigenvalue weighted by molar-refractivity contribution is -0.142. The molecule has 0 aliphatic carbocycles. The molecule has 1 aromatic heterocycles. The van der Waals surface area contributed by atoms with Crippen LogP contribution in [-0.4, -0.2) is 23.8 Å². The zero-order valence-corrected chi connectivity index (χ0v) is 16.6. The summed E-state index contributed by atoms with van der Waals surface area (Å²) < 4.78 is 23.7. The molecule has 0 saturated heterocycles. The molecular weight excluding hydrogens is 393 g/mol. The Balaban J connectivity index is 1.57. The van der Waals surface area contributed by atoms with E-state index in [9.17, 15) is 9.18 Å². The number of carbonyl (C=O) groups excluding carboxylic acids is 1. The van der Waals surface area contributed by atoms with Gasteiger partial charge in [0.1, 0.15) is 18.2 Å². The highest BCUT2D eigenvalue weighted by Crippen LogP contribution is 2.19. The predicted molar refractivity (Wildman–Crippen MR) is 111 cm³/mol. The minimum absolute atomic E-state index is 0.135. The number of nitrogens with zero attached hydrogens (tertiary/aromatic N) is 2. The van der Waals surface area contributed by atoms with Gasteiger partial charge in [-0.05, 0) is 36.8 Å². The van der Waals surface area contributed by atoms with Crippen LogP contribution in [0, 0.1) is 5.82 Å². The minimum atomic E-state index is -0.305. The van der Waals surface area contributed by atoms with Crippen LogP contribution in [0.25, 0.3) is 0 Å². The molecule has 150 valence electrons. The van der Waals surface area contributed by atoms with Crippen molar-refractivity contribution in [1.29, 1.82) is 0 Å². The van der Waals surface area contributed by atoms with Crippen molar-refractivity contribution in [2.45, 2.75) is 20.0 Å². The van der Waals surface area contributed by atoms with Crippen molar-refractivity contribution in [1.82, 2.24) is 4.98 Å². The molecule has 0 aliphatic heterocycles. The molecule has 0 radical (unpaired) electrons. The first-order chi connectivity index (χ1) is 14.1. The lowest BCUT2D eigenvalue weighted by Crippen LogP contribution is -2.07. The number of aromatic nitrogens is 1. The molecule has 2 aromatic carbocycles. The van der Waals surface area contributed by atoms with E-state index in [4.69, 9.17) is 9.47 Å². The van der Waals surface area contributed by atoms with E-state index in [0.29, 0.717) is 29.8 Å². The van der Waals surface area contributed by atoms with Crippen LogP contribution in [0.15, 0.2) is 59.0 Å². The zero-order valence-electron chi connectivity index (χ0n) is 15.8. The van der Waals surface area contributed by atoms with E-state index in [1.165, 1.54) is 23.5 Å². The predicted octanol–water partition coefficient (Wildman–Crippen LogP) is 4.41. The highest BCUT2D eigenvalue weighted by molar-refractivity contribution is 7.13. The van der Waals surface area contributed by atoms with Crippen LogP contribution in [-0.2, 0) is 22.6 Å². The fraction of sp³-hybridized carbons (Fsp3) is 0.190. The molecule has 1 N–H and O–H groups in total. The quantitative estimate of drug-likeness (QED) is 0.320. The number of anilines is 1. The molecule has 6 nitrogen and oxygen atoms in total. The summed E-state index contributed by atoms with van der Waals surface area (Å²) in [4.78, 5) is 15.8. The third kappa shape index (κ3) is 6.39. The van der Waals surface area contributed by atoms with Crippen LogP contribution in [0.1, 0.15) is 23.7 Å². The van der Waals surface area contributed by atoms with Gasteiger partial charge >= 0.3 is 5.97 Å². The number of halogens is 1. The molecule has 1 heterocycles. The first kappa shape index (κ1) is 20.5. The third-order valence-electron chi connectivity index (χ3n) is 3.77. The van der Waals surface area contributed by atoms with E-state index in [0.717, 1.165) is 11.1 Å². The fourth-order valence-corrected chi connectivity index (χ4v) is 3.08. The summed E-state index contributed by atoms with van der Waals surface area (Å²) in [7, 11) is 0. The second kappa shape index (κ2) is 10.3. The zero-order chi connectivity index (χ0) is 20.5. The van der Waals surface area contributed by atoms with Gasteiger partial charge in [0.25, 0.3) is 0 Å². The maximum absolute atomic E-state index is 13.0. The molecule has 0 saturated carbocycles. The smallest absolute Gasteiger partial charge is 0.311 e. The Bertz CT molecular complexity index is 973. The Morgan fingerprint density at radius 3 is 2.83 bits per heavy atom. The molecular formula is C21H20FN3O3S. The number of para-hydroxylation sites is 1. The van der Waals surface area contributed by atoms with Crippen molar-refractivity contribution in [2.24, 2.45) is 5.10 Å². The van der Waals surface area contributed by atoms with Gasteiger partial charge in [-0.2, -0.15) is 5.10 Å². The first-order valence-electron chi connectivity index (χ1n) is 8.99. The number of ether oxygens (including phenoxy) is 2. The summed E-state index contributed by atoms with van der Waals surface area (Å²) in [6, 6.07) is 13.6. The van der Waals surface area contributed by atoms with Crippen LogP contribution < -0.4 is 10.2 Å². The number of esters is 1. The number of hydrazone groups is 1. The Morgan fingerprint density at radius 1 is 1.24 bits per heavy atom. The monoisotopic (exact) mass is 413 g/mol. The SMILES string of the molecule is CCOC(=O)Cc1csc(NN=Cc2ccccc2OCc2ccc(F)cc2)n1. The van der Waals surface area contributed by atoms with Gasteiger partial charge in [0.15, 0.2) is 0 Å². The van der Waals surface area contributed by atoms with Crippen LogP contribution in [0.2, 0.25) is 0 Å². The highest BCUT2D eigenvalue weighted by Gasteiger charge is 2.08. The first-order valence-corrected chi connectivity index (χ1v) is 9.87. The van der Waals surface area contributed by atoms with Gasteiger partial charge < -0.3 is 9.47 Å². The topological polar surface area (TPSA) is 72.8 Å². The van der Waals surface area contributed by atoms with Crippen molar-refractivity contribution in [2.75, 3.05) is 12.0 Å². The highest BCUT2D eigenvalue weighted by atomic mass is 32.1. The average molecular weight is 413 g/mol. The van der Waals surface area contributed by atoms with Crippen LogP contribution in [0.3, 0.4) is 0 Å². The molecule has 0 unspecified atom stereocenters. The van der Waals surface area contributed by atoms with E-state index in [1.807, 2.05) is 24.3 Å². The van der Waals surface area contributed by atoms with E-state index >= 15 is 0 Å². The maximum atomic E-state index is 13.0. The van der Waals surface area contributed by atoms with Crippen molar-refractivity contribution in [3.05, 3.63) is 76.5 Å². The Morgan fingerprint density at radius 2 is 2.03 bits per heavy atom. The molecule has 0 atom stereocenters. The third-order valence-corrected chi connectivity index (χ3v) is 4.57. The number of rotatable bonds is 9. The van der Waals surface area contributed by atoms with Gasteiger partial charge in [-0.15, -0.1) is 11.3 Å². The standard InChI is InChI=1S/C21H20FN3O3S/c1-2-27-20(26)11-18-14-29-21(24-18)25-23-12-16-5-3-4-6-19(16)28-13-15-7-9-17(22)10-8-15/h3-10,12,14H,2,11,13H2,1H3,(H,24,25). The second-order valence-electron chi connectivity index (χ2n) is 5.95. The van der Waals surface area contributed by atoms with E-state index < -0.39 is 0 Å². The van der Waals surface area contributed by atoms with Gasteiger partial charge in [-0.3, -0.25) is 10.2 Å². The molecule has 0 aliphatic rings. The Kier molecular flexibility index (Phi) is 7.29. The number of nitrogens with one attached hydrogen (secondary N) is 1. The van der Waals surface area contributed by atoms with Gasteiger partial charge in [-0.25, -0.2) is 9.37 Å². The second-order valence-corrected chi connectivity index (χ2v) is 6.81. The minimum Gasteiger partial charge on any atom is -0.488 e. The average Bonchev–Trinajstić information content (AvgIpc) is 3.15. The Hall–Kier alpha value is -3.26. The van der Waals surface area contributed by atoms with Crippen molar-refractivity contribution in [3.63, 3.8) is 0 Å². The van der Waals surface area contributed by atoms with Crippen LogP contribution >= 0.6 is 11.3 Å². The number of hydrogen-bond acceptors (Lipinski definition) is 7. The summed E-state index contributed by atoms with van der Waals surface area (Å²) in [6.07, 6.45) is 1.77. The summed E-state index contributed by atoms with van der Waals surface area (Å²) in [5, 5.41) is 6.56. The Labute approximate surface area is 172 Å². The van der Waals surface area contributed by atoms with Gasteiger partial charge in [-0.1, -0.05) is 24.3 Å². The van der Waals surface area contributed by atoms with Crippen LogP contribution in [0.5, 0.6) is 5.75 Å². The van der Waals surface area contributed by atoms with Crippen molar-refractivity contribution >= 4 is 28.7 Å². The number of hydrogen-bond donors (Lipinski definition) is 1. The van der Waals surface area contributed by atoms with Crippen molar-refractivity contribution < 1.29 is 18.7 Å². The summed E-state index contributed by atoms with van der Waals surface area (Å²) in [6.45, 7) is 2.44. The molecule has 0 bridgehead atoms. The molecule has 29 heavy (non-hydrogen) atoms. The molecule has 0 fully saturated rings. The summed E-state index contributed by atoms with van der Waals surface area (Å²) in [5.74, 6) is 0.0737. The van der Waals surface area contributed by atoms with E-state index in [2.05, 4.69) is 15.5 Å². The van der Waals surface area contributed by atoms with E-state index in [1.54, 1.807) is 30.7 Å². The molecule has 3 rings (SSSR count). The van der Waals surface area contributed by atoms with Crippen molar-refractivity contribution in [3.8, 4) is 5.75 Å². The molecule has 3 aromatic rings. The summed E-state index contributed by atoms with van der Waals surface area (Å²) >= 11 is 1.35. The lowest BCUT2D eigenvalue weighted by Gasteiger charge is -2.09. The van der Waals surface area contributed by atoms with Gasteiger partial charge in [0, 0.05) is 10.9 Å². The molecule has 8 heteroatoms. The number of carbonyl (C=O) groups is 1. The summed E-state index contributed by atoms with van der Waals surface area (Å²) in [5.41, 5.74) is 5.14. The maximum Gasteiger partial charge on any atom is 0.311 e. The van der Waals surface area contributed by atoms with Crippen LogP contribution in [0.4, 0.5) is 9.52 Å². The number of thiazole rings is 1. The van der Waals surface area contributed by atoms with Gasteiger partial charge in [0.2, 0.25) is 5.13 Å². The van der Waals surface area contributed by atoms with E-state index in [-0.39, 0.29) is 18.2 Å². The van der Waals surface area contributed by atoms with Gasteiger partial charge in [0.05, 0.1) is 24.9 Å². The number of benzene rings is 2. The normalized spacial score (nSPS) is 10.8.